The van der Waals surface area contributed by atoms with Gasteiger partial charge in [-0.2, -0.15) is 39.5 Å². The molecule has 0 saturated carbocycles. The Morgan fingerprint density at radius 3 is 0.867 bits per heavy atom. The minimum absolute atomic E-state index is 0.0145. The SMILES string of the molecule is O=C(O)c1cccnc1Nc1cccc(C(F)(F)F)c1.O=C(O)c1cccnc1Nc1cccc(C(F)(F)F)c1.O=C(O)c1cccnc1Nc1cccc(C(F)(F)F)c1. The summed E-state index contributed by atoms with van der Waals surface area (Å²) in [5.74, 6) is -3.69. The first-order valence-electron chi connectivity index (χ1n) is 16.5. The Bertz CT molecular complexity index is 2190. The van der Waals surface area contributed by atoms with Gasteiger partial charge >= 0.3 is 36.4 Å². The van der Waals surface area contributed by atoms with Crippen LogP contribution in [0.1, 0.15) is 47.8 Å². The first-order chi connectivity index (χ1) is 28.1. The van der Waals surface area contributed by atoms with E-state index >= 15 is 0 Å². The highest BCUT2D eigenvalue weighted by Crippen LogP contribution is 2.34. The van der Waals surface area contributed by atoms with Crippen LogP contribution in [0, 0.1) is 0 Å². The summed E-state index contributed by atoms with van der Waals surface area (Å²) in [5, 5.41) is 34.6. The Labute approximate surface area is 332 Å². The number of aromatic carboxylic acids is 3. The fourth-order valence-corrected chi connectivity index (χ4v) is 4.76. The second-order valence-corrected chi connectivity index (χ2v) is 11.7. The molecular formula is C39H27F9N6O6. The predicted octanol–water partition coefficient (Wildman–Crippen LogP) is 10.6. The lowest BCUT2D eigenvalue weighted by molar-refractivity contribution is -0.138. The van der Waals surface area contributed by atoms with Crippen molar-refractivity contribution in [2.24, 2.45) is 0 Å². The standard InChI is InChI=1S/3C13H9F3N2O2/c3*14-13(15,16)8-3-1-4-9(7-8)18-11-10(12(19)20)5-2-6-17-11/h3*1-7H,(H,17,18)(H,19,20). The Kier molecular flexibility index (Phi) is 14.4. The van der Waals surface area contributed by atoms with Crippen LogP contribution in [0.15, 0.2) is 128 Å². The number of benzene rings is 3. The van der Waals surface area contributed by atoms with Crippen LogP contribution in [-0.2, 0) is 18.5 Å². The van der Waals surface area contributed by atoms with Gasteiger partial charge in [0.05, 0.1) is 16.7 Å². The van der Waals surface area contributed by atoms with Crippen molar-refractivity contribution in [3.8, 4) is 0 Å². The summed E-state index contributed by atoms with van der Waals surface area (Å²) in [5.41, 5.74) is -2.50. The molecule has 3 heterocycles. The fraction of sp³-hybridized carbons (Fsp3) is 0.0769. The van der Waals surface area contributed by atoms with E-state index in [2.05, 4.69) is 30.9 Å². The number of carboxylic acid groups (broad SMARTS) is 3. The van der Waals surface area contributed by atoms with E-state index in [1.54, 1.807) is 0 Å². The normalized spacial score (nSPS) is 11.2. The third-order valence-corrected chi connectivity index (χ3v) is 7.47. The van der Waals surface area contributed by atoms with Crippen LogP contribution in [0.2, 0.25) is 0 Å². The summed E-state index contributed by atoms with van der Waals surface area (Å²) in [6, 6.07) is 21.6. The first kappa shape index (κ1) is 45.0. The number of rotatable bonds is 9. The third kappa shape index (κ3) is 12.9. The third-order valence-electron chi connectivity index (χ3n) is 7.47. The summed E-state index contributed by atoms with van der Waals surface area (Å²) in [4.78, 5) is 44.4. The van der Waals surface area contributed by atoms with Gasteiger partial charge in [-0.05, 0) is 91.0 Å². The molecule has 60 heavy (non-hydrogen) atoms. The topological polar surface area (TPSA) is 187 Å². The maximum Gasteiger partial charge on any atom is 0.416 e. The zero-order valence-corrected chi connectivity index (χ0v) is 29.9. The van der Waals surface area contributed by atoms with Crippen LogP contribution in [0.25, 0.3) is 0 Å². The number of hydrogen-bond donors (Lipinski definition) is 6. The number of nitrogens with zero attached hydrogens (tertiary/aromatic N) is 3. The molecule has 0 aliphatic rings. The molecule has 312 valence electrons. The molecule has 0 unspecified atom stereocenters. The zero-order valence-electron chi connectivity index (χ0n) is 29.9. The number of nitrogens with one attached hydrogen (secondary N) is 3. The molecule has 0 aliphatic heterocycles. The molecule has 0 amide bonds. The van der Waals surface area contributed by atoms with Crippen molar-refractivity contribution in [2.75, 3.05) is 16.0 Å². The van der Waals surface area contributed by atoms with Crippen molar-refractivity contribution in [3.63, 3.8) is 0 Å². The van der Waals surface area contributed by atoms with E-state index in [9.17, 15) is 53.9 Å². The fourth-order valence-electron chi connectivity index (χ4n) is 4.76. The Balaban J connectivity index is 0.000000198. The Hall–Kier alpha value is -7.71. The number of aromatic nitrogens is 3. The maximum absolute atomic E-state index is 12.6. The molecule has 0 radical (unpaired) electrons. The monoisotopic (exact) mass is 846 g/mol. The summed E-state index contributed by atoms with van der Waals surface area (Å²) in [7, 11) is 0. The van der Waals surface area contributed by atoms with Gasteiger partial charge in [-0.25, -0.2) is 29.3 Å². The average Bonchev–Trinajstić information content (AvgIpc) is 3.18. The molecule has 21 heteroatoms. The van der Waals surface area contributed by atoms with Crippen molar-refractivity contribution in [3.05, 3.63) is 161 Å². The molecule has 0 spiro atoms. The van der Waals surface area contributed by atoms with E-state index in [1.807, 2.05) is 0 Å². The molecule has 0 aliphatic carbocycles. The van der Waals surface area contributed by atoms with E-state index in [1.165, 1.54) is 91.4 Å². The zero-order chi connectivity index (χ0) is 44.3. The van der Waals surface area contributed by atoms with Gasteiger partial charge in [-0.1, -0.05) is 18.2 Å². The highest BCUT2D eigenvalue weighted by atomic mass is 19.4. The summed E-state index contributed by atoms with van der Waals surface area (Å²) >= 11 is 0. The second kappa shape index (κ2) is 19.2. The second-order valence-electron chi connectivity index (χ2n) is 11.7. The van der Waals surface area contributed by atoms with Crippen LogP contribution in [-0.4, -0.2) is 48.2 Å². The summed E-state index contributed by atoms with van der Waals surface area (Å²) < 4.78 is 113. The smallest absolute Gasteiger partial charge is 0.416 e. The lowest BCUT2D eigenvalue weighted by Gasteiger charge is -2.11. The van der Waals surface area contributed by atoms with Crippen molar-refractivity contribution < 1.29 is 69.2 Å². The molecule has 0 saturated heterocycles. The number of hydrogen-bond acceptors (Lipinski definition) is 9. The number of anilines is 6. The highest BCUT2D eigenvalue weighted by Gasteiger charge is 2.32. The van der Waals surface area contributed by atoms with Crippen molar-refractivity contribution in [1.82, 2.24) is 15.0 Å². The summed E-state index contributed by atoms with van der Waals surface area (Å²) in [6.45, 7) is 0. The van der Waals surface area contributed by atoms with Crippen molar-refractivity contribution >= 4 is 52.4 Å². The van der Waals surface area contributed by atoms with E-state index in [0.29, 0.717) is 0 Å². The van der Waals surface area contributed by atoms with E-state index in [0.717, 1.165) is 36.4 Å². The van der Waals surface area contributed by atoms with Gasteiger partial charge in [0.1, 0.15) is 34.1 Å². The molecule has 0 bridgehead atoms. The van der Waals surface area contributed by atoms with Gasteiger partial charge in [0.15, 0.2) is 0 Å². The molecule has 0 atom stereocenters. The quantitative estimate of drug-likeness (QED) is 0.0757. The van der Waals surface area contributed by atoms with Gasteiger partial charge < -0.3 is 31.3 Å². The highest BCUT2D eigenvalue weighted by molar-refractivity contribution is 5.95. The van der Waals surface area contributed by atoms with E-state index < -0.39 is 53.1 Å². The molecule has 6 rings (SSSR count). The number of pyridine rings is 3. The summed E-state index contributed by atoms with van der Waals surface area (Å²) in [6.07, 6.45) is -9.33. The number of carbonyl (C=O) groups is 3. The molecule has 0 fully saturated rings. The molecule has 3 aromatic carbocycles. The number of halogens is 9. The Morgan fingerprint density at radius 2 is 0.650 bits per heavy atom. The lowest BCUT2D eigenvalue weighted by Crippen LogP contribution is -2.07. The van der Waals surface area contributed by atoms with Crippen LogP contribution >= 0.6 is 0 Å². The van der Waals surface area contributed by atoms with Gasteiger partial charge in [0.25, 0.3) is 0 Å². The van der Waals surface area contributed by atoms with E-state index in [-0.39, 0.29) is 51.2 Å². The number of alkyl halides is 9. The van der Waals surface area contributed by atoms with E-state index in [4.69, 9.17) is 15.3 Å². The maximum atomic E-state index is 12.6. The molecular weight excluding hydrogens is 819 g/mol. The molecule has 12 nitrogen and oxygen atoms in total. The Morgan fingerprint density at radius 1 is 0.400 bits per heavy atom. The predicted molar refractivity (Wildman–Crippen MR) is 198 cm³/mol. The van der Waals surface area contributed by atoms with Gasteiger partial charge in [-0.3, -0.25) is 0 Å². The van der Waals surface area contributed by atoms with Gasteiger partial charge in [0, 0.05) is 35.7 Å². The largest absolute Gasteiger partial charge is 0.478 e. The van der Waals surface area contributed by atoms with Crippen LogP contribution in [0.4, 0.5) is 74.0 Å². The molecule has 6 aromatic rings. The van der Waals surface area contributed by atoms with Crippen molar-refractivity contribution in [2.45, 2.75) is 18.5 Å². The van der Waals surface area contributed by atoms with Gasteiger partial charge in [0.2, 0.25) is 0 Å². The van der Waals surface area contributed by atoms with Crippen molar-refractivity contribution in [1.29, 1.82) is 0 Å². The van der Waals surface area contributed by atoms with Crippen LogP contribution in [0.5, 0.6) is 0 Å². The average molecular weight is 847 g/mol. The molecule has 3 aromatic heterocycles. The van der Waals surface area contributed by atoms with Crippen LogP contribution in [0.3, 0.4) is 0 Å². The molecule has 6 N–H and O–H groups in total. The number of carboxylic acids is 3. The lowest BCUT2D eigenvalue weighted by atomic mass is 10.2. The minimum Gasteiger partial charge on any atom is -0.478 e. The first-order valence-corrected chi connectivity index (χ1v) is 16.5. The minimum atomic E-state index is -4.46. The van der Waals surface area contributed by atoms with Crippen LogP contribution < -0.4 is 16.0 Å². The van der Waals surface area contributed by atoms with Gasteiger partial charge in [-0.15, -0.1) is 0 Å².